The molecule has 67 heteroatoms. The van der Waals surface area contributed by atoms with Crippen molar-refractivity contribution in [3.8, 4) is 0 Å². The number of carbonyl (C=O) groups is 5. The number of aliphatic hydroxyl groups excluding tert-OH is 1. The summed E-state index contributed by atoms with van der Waals surface area (Å²) in [5, 5.41) is 49.7. The summed E-state index contributed by atoms with van der Waals surface area (Å²) in [6.07, 6.45) is -55.8. The second kappa shape index (κ2) is 57.9. The molecule has 7 heterocycles. The van der Waals surface area contributed by atoms with Crippen molar-refractivity contribution in [2.24, 2.45) is 0 Å². The number of unbranched alkanes of at least 4 members (excludes halogenated alkanes) is 3. The molecule has 5 N–H and O–H groups in total. The molecule has 3 unspecified atom stereocenters. The van der Waals surface area contributed by atoms with E-state index in [-0.39, 0.29) is 298 Å². The molecule has 7 fully saturated rings. The molecule has 7 aliphatic heterocycles. The van der Waals surface area contributed by atoms with E-state index in [9.17, 15) is 117 Å². The number of amides is 4. The Morgan fingerprint density at radius 3 is 1.27 bits per heavy atom. The number of thioether (sulfide) groups is 1. The van der Waals surface area contributed by atoms with Gasteiger partial charge in [0.25, 0.3) is 0 Å². The molecule has 0 aromatic rings. The first-order valence-corrected chi connectivity index (χ1v) is 42.5. The summed E-state index contributed by atoms with van der Waals surface area (Å²) in [7, 11) is -31.4. The van der Waals surface area contributed by atoms with Crippen molar-refractivity contribution < 1.29 is 454 Å². The Bertz CT molecular complexity index is 3920. The summed E-state index contributed by atoms with van der Waals surface area (Å²) in [6, 6.07) is -1.98. The molecule has 0 aromatic carbocycles. The second-order valence-corrected chi connectivity index (χ2v) is 32.7. The number of fused-ring (bicyclic) bond motifs is 1. The quantitative estimate of drug-likeness (QED) is 0.0124. The van der Waals surface area contributed by atoms with Crippen LogP contribution in [0.2, 0.25) is 0 Å². The van der Waals surface area contributed by atoms with Gasteiger partial charge in [-0.3, -0.25) is 34.7 Å². The molecule has 0 spiro atoms. The summed E-state index contributed by atoms with van der Waals surface area (Å²) < 4.78 is 337. The zero-order valence-electron chi connectivity index (χ0n) is 68.1. The average molecular weight is 1960 g/mol. The van der Waals surface area contributed by atoms with Gasteiger partial charge in [0.1, 0.15) is 110 Å². The van der Waals surface area contributed by atoms with Gasteiger partial charge in [0.2, 0.25) is 74.2 Å². The maximum atomic E-state index is 13.9. The zero-order chi connectivity index (χ0) is 84.0. The minimum absolute atomic E-state index is 0. The summed E-state index contributed by atoms with van der Waals surface area (Å²) in [6.45, 7) is -3.33. The van der Waals surface area contributed by atoms with Gasteiger partial charge in [0.05, 0.1) is 43.8 Å². The molecular weight excluding hydrogens is 1880 g/mol. The SMILES string of the molecule is CCO[C@H]1[C@H](O)[C@@H](COS(=O)(=O)[O-])O[C@@H](O[C@H]2[C@H](OC)[C@@H](OC)[C@H](O[C@H]3[C@H](OS(=O)(=O)[O-])[C@@H](OS(=O)(=O)[O-])[C@@H](O[C@H]4[C@H](OC)[C@@H](OC)[C@@H](O[C@H]5[C@H](OC)[C@@H](OS(=O)(=O)[O-])[C@@H](OC)O[C@@H]5COS(=O)(=O)[O-])O[C@@H]4C(=O)[O-])O[C@@H]3COS(=O)(=O)[O-])O[C@@H]2C(=O)[O-])[C@@H]1NC(=O)CCCCCNC(=O)CCCCC1SCC2NC(=O)NC21.[Na+].[Na+].[Na+].[Na+].[Na+].[Na+].[Na+].[Na+]. The van der Waals surface area contributed by atoms with Gasteiger partial charge in [-0.25, -0.2) is 55.3 Å². The van der Waals surface area contributed by atoms with Gasteiger partial charge >= 0.3 is 242 Å². The normalized spacial score (nSPS) is 33.7. The van der Waals surface area contributed by atoms with Gasteiger partial charge < -0.3 is 149 Å². The summed E-state index contributed by atoms with van der Waals surface area (Å²) >= 11 is 1.74. The van der Waals surface area contributed by atoms with Crippen molar-refractivity contribution in [2.45, 2.75) is 229 Å². The van der Waals surface area contributed by atoms with Crippen LogP contribution in [0, 0.1) is 0 Å². The molecule has 4 amide bonds. The molecule has 656 valence electrons. The van der Waals surface area contributed by atoms with Gasteiger partial charge in [-0.1, -0.05) is 12.8 Å². The first kappa shape index (κ1) is 127. The van der Waals surface area contributed by atoms with Crippen molar-refractivity contribution in [1.29, 1.82) is 0 Å². The smallest absolute Gasteiger partial charge is 0.726 e. The molecule has 0 saturated carbocycles. The summed E-state index contributed by atoms with van der Waals surface area (Å²) in [5.74, 6) is -5.12. The monoisotopic (exact) mass is 1960 g/mol. The van der Waals surface area contributed by atoms with E-state index in [1.807, 2.05) is 0 Å². The molecule has 0 aromatic heterocycles. The van der Waals surface area contributed by atoms with Crippen molar-refractivity contribution in [2.75, 3.05) is 81.4 Å². The Morgan fingerprint density at radius 2 is 0.835 bits per heavy atom. The van der Waals surface area contributed by atoms with Gasteiger partial charge in [-0.15, -0.1) is 0 Å². The van der Waals surface area contributed by atoms with E-state index in [0.717, 1.165) is 61.3 Å². The van der Waals surface area contributed by atoms with Crippen LogP contribution < -0.4 is 268 Å². The fraction of sp³-hybridized carbons (Fsp3) is 0.907. The molecule has 7 saturated heterocycles. The molecule has 28 atom stereocenters. The van der Waals surface area contributed by atoms with Crippen molar-refractivity contribution in [3.63, 3.8) is 0 Å². The van der Waals surface area contributed by atoms with Crippen LogP contribution in [-0.4, -0.2) is 365 Å². The second-order valence-electron chi connectivity index (χ2n) is 25.3. The number of methoxy groups -OCH3 is 6. The maximum absolute atomic E-state index is 13.9. The Kier molecular flexibility index (Phi) is 60.8. The van der Waals surface area contributed by atoms with Crippen LogP contribution in [0.3, 0.4) is 0 Å². The fourth-order valence-electron chi connectivity index (χ4n) is 13.4. The molecule has 0 bridgehead atoms. The number of carboxylic acids is 2. The van der Waals surface area contributed by atoms with E-state index < -0.39 is 254 Å². The number of carbonyl (C=O) groups excluding carboxylic acids is 5. The van der Waals surface area contributed by atoms with E-state index in [1.54, 1.807) is 11.8 Å². The number of urea groups is 1. The number of carboxylic acid groups (broad SMARTS) is 2. The molecular formula is C54H82N4Na8O48S7. The largest absolute Gasteiger partial charge is 1.00 e. The third-order valence-electron chi connectivity index (χ3n) is 18.1. The van der Waals surface area contributed by atoms with Crippen LogP contribution >= 0.6 is 11.8 Å². The number of hydrogen-bond donors (Lipinski definition) is 5. The van der Waals surface area contributed by atoms with Gasteiger partial charge in [0, 0.05) is 79.7 Å². The molecule has 0 radical (unpaired) electrons. The third kappa shape index (κ3) is 39.2. The number of rotatable bonds is 45. The summed E-state index contributed by atoms with van der Waals surface area (Å²) in [5.41, 5.74) is 0. The Hall–Kier alpha value is 4.04. The molecule has 52 nitrogen and oxygen atoms in total. The van der Waals surface area contributed by atoms with Crippen molar-refractivity contribution in [1.82, 2.24) is 21.3 Å². The number of hydrogen-bond acceptors (Lipinski definition) is 49. The fourth-order valence-corrected chi connectivity index (χ4v) is 17.3. The van der Waals surface area contributed by atoms with E-state index in [4.69, 9.17) is 75.8 Å². The van der Waals surface area contributed by atoms with Gasteiger partial charge in [-0.2, -0.15) is 11.8 Å². The van der Waals surface area contributed by atoms with Crippen molar-refractivity contribution in [3.05, 3.63) is 0 Å². The van der Waals surface area contributed by atoms with Crippen LogP contribution in [0.4, 0.5) is 4.79 Å². The van der Waals surface area contributed by atoms with Crippen LogP contribution in [-0.2, 0) is 182 Å². The molecule has 121 heavy (non-hydrogen) atoms. The molecule has 7 aliphatic rings. The van der Waals surface area contributed by atoms with E-state index in [1.165, 1.54) is 6.92 Å². The maximum Gasteiger partial charge on any atom is 1.00 e. The van der Waals surface area contributed by atoms with Gasteiger partial charge in [-0.05, 0) is 32.6 Å². The Balaban J connectivity index is 0. The number of aliphatic hydroxyl groups is 1. The molecule has 7 rings (SSSR count). The van der Waals surface area contributed by atoms with Crippen molar-refractivity contribution >= 4 is 104 Å². The van der Waals surface area contributed by atoms with Crippen LogP contribution in [0.25, 0.3) is 0 Å². The van der Waals surface area contributed by atoms with E-state index >= 15 is 0 Å². The predicted molar refractivity (Wildman–Crippen MR) is 343 cm³/mol. The first-order valence-electron chi connectivity index (χ1n) is 33.5. The third-order valence-corrected chi connectivity index (χ3v) is 22.2. The minimum atomic E-state index is -6.53. The standard InChI is InChI=1S/C54H90N4O48S7.8Na/c1-8-91-34-30(57-28(60)16-10-9-13-17-55-27(59)15-12-11-14-26-29-22(21-107-26)56-54(66)58-29)49(95-23(31(34)61)18-92-108(67,68)69)100-38-36(86-3)43(88-5)52(102-41(38)47(62)63)99-33-25(20-94-110(73,74)75)97-53(46(106-113(82,83)84)40(33)104-111(76,77)78)101-39-37(87-4)44(89-6)51(103-42(39)48(64)65)98-32-24(19-93-109(70,71)72)96-50(90-7)45(35(32)85-2)105-112(79,80)81;;;;;;;;/h22-26,29-46,49-53,61H,8-21H2,1-7H3,(H,55,59)(H,57,60)(H,62,63)(H,64,65)(H2,56,58,66)(H,67,68,69)(H,70,71,72)(H,73,74,75)(H,76,77,78)(H,79,80,81)(H,82,83,84);;;;;;;;/q;8*+1/p-8/t22?,23-,24-,25-,26?,29?,30-,31-,32-,33-,34-,35+,36+,37+,38+,39+,40+,41+,42+,43-,44-,45-,46-,49+,50+,51+,52-,53-;;;;;;;;/m1......../s1. The molecule has 0 aliphatic carbocycles. The number of aliphatic carboxylic acids is 2. The first-order chi connectivity index (χ1) is 52.7. The zero-order valence-corrected chi connectivity index (χ0v) is 89.8. The van der Waals surface area contributed by atoms with Crippen LogP contribution in [0.5, 0.6) is 0 Å². The van der Waals surface area contributed by atoms with E-state index in [2.05, 4.69) is 46.4 Å². The number of ether oxygens (including phenoxy) is 16. The predicted octanol–water partition coefficient (Wildman–Crippen LogP) is -35.0. The average Bonchev–Trinajstić information content (AvgIpc) is 1.35. The van der Waals surface area contributed by atoms with E-state index in [0.29, 0.717) is 19.3 Å². The minimum Gasteiger partial charge on any atom is -0.726 e. The van der Waals surface area contributed by atoms with Gasteiger partial charge in [0.15, 0.2) is 43.7 Å². The van der Waals surface area contributed by atoms with Crippen LogP contribution in [0.1, 0.15) is 58.3 Å². The number of nitrogens with one attached hydrogen (secondary N) is 4. The topological polar surface area (TPSA) is 746 Å². The Morgan fingerprint density at radius 1 is 0.446 bits per heavy atom. The summed E-state index contributed by atoms with van der Waals surface area (Å²) in [4.78, 5) is 65.0. The van der Waals surface area contributed by atoms with Crippen LogP contribution in [0.15, 0.2) is 0 Å². The Labute approximate surface area is 877 Å².